The third-order valence-corrected chi connectivity index (χ3v) is 4.02. The van der Waals surface area contributed by atoms with E-state index in [1.54, 1.807) is 17.7 Å². The summed E-state index contributed by atoms with van der Waals surface area (Å²) in [6.45, 7) is 0.329. The lowest BCUT2D eigenvalue weighted by Crippen LogP contribution is -2.16. The Morgan fingerprint density at radius 2 is 2.12 bits per heavy atom. The smallest absolute Gasteiger partial charge is 0.227 e. The third-order valence-electron chi connectivity index (χ3n) is 3.71. The fraction of sp³-hybridized carbons (Fsp3) is 0.176. The van der Waals surface area contributed by atoms with E-state index in [0.717, 1.165) is 11.3 Å². The minimum absolute atomic E-state index is 0.0836. The predicted octanol–water partition coefficient (Wildman–Crippen LogP) is 2.75. The van der Waals surface area contributed by atoms with Gasteiger partial charge in [0.2, 0.25) is 5.91 Å². The van der Waals surface area contributed by atoms with Gasteiger partial charge in [0.1, 0.15) is 5.75 Å². The summed E-state index contributed by atoms with van der Waals surface area (Å²) in [5.41, 5.74) is 0.848. The van der Waals surface area contributed by atoms with E-state index < -0.39 is 0 Å². The molecule has 1 amide bonds. The van der Waals surface area contributed by atoms with Crippen LogP contribution >= 0.6 is 12.2 Å². The van der Waals surface area contributed by atoms with E-state index in [1.165, 1.54) is 12.3 Å². The standard InChI is InChI=1S/C17H17N5O3S/c1-25-12-6-4-11(5-7-12)16-20-21-17(26)22(16)10-8-14(24)19-15-13(23)3-2-9-18-15/h2-7,9,23H,8,10H2,1H3,(H,21,26)(H,18,19,24). The quantitative estimate of drug-likeness (QED) is 0.576. The van der Waals surface area contributed by atoms with Crippen molar-refractivity contribution >= 4 is 23.9 Å². The summed E-state index contributed by atoms with van der Waals surface area (Å²) in [6, 6.07) is 10.4. The summed E-state index contributed by atoms with van der Waals surface area (Å²) in [4.78, 5) is 16.1. The molecule has 3 aromatic rings. The number of methoxy groups -OCH3 is 1. The summed E-state index contributed by atoms with van der Waals surface area (Å²) >= 11 is 5.26. The van der Waals surface area contributed by atoms with Crippen molar-refractivity contribution in [3.8, 4) is 22.9 Å². The van der Waals surface area contributed by atoms with E-state index in [9.17, 15) is 9.90 Å². The summed E-state index contributed by atoms with van der Waals surface area (Å²) in [5.74, 6) is 1.13. The van der Waals surface area contributed by atoms with Crippen molar-refractivity contribution in [2.45, 2.75) is 13.0 Å². The van der Waals surface area contributed by atoms with Gasteiger partial charge in [0.25, 0.3) is 0 Å². The number of pyridine rings is 1. The molecule has 0 unspecified atom stereocenters. The Hall–Kier alpha value is -3.20. The molecule has 3 N–H and O–H groups in total. The summed E-state index contributed by atoms with van der Waals surface area (Å²) in [7, 11) is 1.60. The highest BCUT2D eigenvalue weighted by Crippen LogP contribution is 2.22. The third kappa shape index (κ3) is 3.89. The van der Waals surface area contributed by atoms with Crippen LogP contribution < -0.4 is 10.1 Å². The van der Waals surface area contributed by atoms with E-state index in [4.69, 9.17) is 17.0 Å². The van der Waals surface area contributed by atoms with Crippen molar-refractivity contribution in [2.75, 3.05) is 12.4 Å². The number of hydrogen-bond donors (Lipinski definition) is 3. The van der Waals surface area contributed by atoms with Crippen LogP contribution in [0.1, 0.15) is 6.42 Å². The van der Waals surface area contributed by atoms with Crippen LogP contribution in [0.5, 0.6) is 11.5 Å². The molecule has 0 aliphatic heterocycles. The molecule has 134 valence electrons. The fourth-order valence-corrected chi connectivity index (χ4v) is 2.61. The maximum atomic E-state index is 12.1. The molecule has 2 heterocycles. The van der Waals surface area contributed by atoms with Gasteiger partial charge in [-0.3, -0.25) is 14.5 Å². The molecule has 0 saturated carbocycles. The van der Waals surface area contributed by atoms with Crippen molar-refractivity contribution in [2.24, 2.45) is 0 Å². The van der Waals surface area contributed by atoms with Crippen LogP contribution in [0.15, 0.2) is 42.6 Å². The number of rotatable bonds is 6. The SMILES string of the molecule is COc1ccc(-c2n[nH]c(=S)n2CCC(=O)Nc2ncccc2O)cc1. The van der Waals surface area contributed by atoms with Gasteiger partial charge in [0, 0.05) is 24.7 Å². The second kappa shape index (κ2) is 7.79. The summed E-state index contributed by atoms with van der Waals surface area (Å²) < 4.78 is 7.32. The van der Waals surface area contributed by atoms with Gasteiger partial charge < -0.3 is 15.2 Å². The van der Waals surface area contributed by atoms with Crippen LogP contribution in [0.3, 0.4) is 0 Å². The highest BCUT2D eigenvalue weighted by Gasteiger charge is 2.12. The normalized spacial score (nSPS) is 10.5. The van der Waals surface area contributed by atoms with Gasteiger partial charge in [0.15, 0.2) is 22.2 Å². The Morgan fingerprint density at radius 1 is 1.35 bits per heavy atom. The molecule has 0 radical (unpaired) electrons. The highest BCUT2D eigenvalue weighted by molar-refractivity contribution is 7.71. The zero-order chi connectivity index (χ0) is 18.5. The number of H-pyrrole nitrogens is 1. The molecule has 0 atom stereocenters. The van der Waals surface area contributed by atoms with E-state index in [0.29, 0.717) is 17.1 Å². The minimum Gasteiger partial charge on any atom is -0.504 e. The van der Waals surface area contributed by atoms with E-state index in [1.807, 2.05) is 24.3 Å². The lowest BCUT2D eigenvalue weighted by atomic mass is 10.2. The van der Waals surface area contributed by atoms with Crippen molar-refractivity contribution in [3.05, 3.63) is 47.4 Å². The number of ether oxygens (including phenoxy) is 1. The van der Waals surface area contributed by atoms with Crippen LogP contribution in [-0.2, 0) is 11.3 Å². The van der Waals surface area contributed by atoms with Crippen LogP contribution in [0.4, 0.5) is 5.82 Å². The van der Waals surface area contributed by atoms with Gasteiger partial charge >= 0.3 is 0 Å². The van der Waals surface area contributed by atoms with E-state index in [-0.39, 0.29) is 23.9 Å². The number of aromatic hydroxyl groups is 1. The zero-order valence-corrected chi connectivity index (χ0v) is 14.8. The predicted molar refractivity (Wildman–Crippen MR) is 98.5 cm³/mol. The summed E-state index contributed by atoms with van der Waals surface area (Å²) in [5, 5.41) is 19.2. The molecule has 9 heteroatoms. The van der Waals surface area contributed by atoms with Crippen LogP contribution in [0.2, 0.25) is 0 Å². The Bertz CT molecular complexity index is 965. The van der Waals surface area contributed by atoms with Crippen molar-refractivity contribution in [3.63, 3.8) is 0 Å². The molecule has 8 nitrogen and oxygen atoms in total. The first-order valence-corrected chi connectivity index (χ1v) is 8.23. The van der Waals surface area contributed by atoms with Gasteiger partial charge in [-0.1, -0.05) is 0 Å². The largest absolute Gasteiger partial charge is 0.504 e. The molecule has 3 rings (SSSR count). The van der Waals surface area contributed by atoms with E-state index in [2.05, 4.69) is 20.5 Å². The van der Waals surface area contributed by atoms with Gasteiger partial charge in [-0.2, -0.15) is 5.10 Å². The first-order chi connectivity index (χ1) is 12.6. The Morgan fingerprint density at radius 3 is 2.81 bits per heavy atom. The van der Waals surface area contributed by atoms with Gasteiger partial charge in [-0.25, -0.2) is 4.98 Å². The molecule has 2 aromatic heterocycles. The number of aromatic amines is 1. The van der Waals surface area contributed by atoms with Crippen LogP contribution in [0.25, 0.3) is 11.4 Å². The maximum Gasteiger partial charge on any atom is 0.227 e. The highest BCUT2D eigenvalue weighted by atomic mass is 32.1. The van der Waals surface area contributed by atoms with Gasteiger partial charge in [-0.05, 0) is 48.6 Å². The fourth-order valence-electron chi connectivity index (χ4n) is 2.39. The van der Waals surface area contributed by atoms with Crippen molar-refractivity contribution in [1.82, 2.24) is 19.7 Å². The zero-order valence-electron chi connectivity index (χ0n) is 14.0. The lowest BCUT2D eigenvalue weighted by molar-refractivity contribution is -0.116. The first kappa shape index (κ1) is 17.6. The number of nitrogens with one attached hydrogen (secondary N) is 2. The molecular weight excluding hydrogens is 354 g/mol. The topological polar surface area (TPSA) is 105 Å². The maximum absolute atomic E-state index is 12.1. The number of aromatic nitrogens is 4. The molecule has 0 bridgehead atoms. The second-order valence-electron chi connectivity index (χ2n) is 5.40. The number of nitrogens with zero attached hydrogens (tertiary/aromatic N) is 3. The van der Waals surface area contributed by atoms with Gasteiger partial charge in [-0.15, -0.1) is 0 Å². The molecule has 26 heavy (non-hydrogen) atoms. The molecule has 0 fully saturated rings. The van der Waals surface area contributed by atoms with Crippen LogP contribution in [0, 0.1) is 4.77 Å². The molecule has 0 saturated heterocycles. The number of carbonyl (C=O) groups is 1. The lowest BCUT2D eigenvalue weighted by Gasteiger charge is -2.09. The second-order valence-corrected chi connectivity index (χ2v) is 5.79. The van der Waals surface area contributed by atoms with E-state index >= 15 is 0 Å². The first-order valence-electron chi connectivity index (χ1n) is 7.82. The Kier molecular flexibility index (Phi) is 5.28. The molecule has 0 aliphatic carbocycles. The average molecular weight is 371 g/mol. The molecule has 0 spiro atoms. The number of benzene rings is 1. The van der Waals surface area contributed by atoms with Crippen molar-refractivity contribution < 1.29 is 14.6 Å². The molecule has 1 aromatic carbocycles. The monoisotopic (exact) mass is 371 g/mol. The summed E-state index contributed by atoms with van der Waals surface area (Å²) in [6.07, 6.45) is 1.64. The van der Waals surface area contributed by atoms with Gasteiger partial charge in [0.05, 0.1) is 7.11 Å². The van der Waals surface area contributed by atoms with Crippen LogP contribution in [-0.4, -0.2) is 37.9 Å². The minimum atomic E-state index is -0.289. The Balaban J connectivity index is 1.72. The Labute approximate surface area is 154 Å². The van der Waals surface area contributed by atoms with Crippen molar-refractivity contribution in [1.29, 1.82) is 0 Å². The average Bonchev–Trinajstić information content (AvgIpc) is 3.02. The number of carbonyl (C=O) groups excluding carboxylic acids is 1. The number of anilines is 1. The molecule has 0 aliphatic rings. The molecular formula is C17H17N5O3S. The number of hydrogen-bond acceptors (Lipinski definition) is 6. The number of amides is 1.